The summed E-state index contributed by atoms with van der Waals surface area (Å²) in [4.78, 5) is 16.1. The smallest absolute Gasteiger partial charge is 0.138 e. The lowest BCUT2D eigenvalue weighted by molar-refractivity contribution is -0.0971. The molecule has 3 rings (SSSR count). The van der Waals surface area contributed by atoms with Gasteiger partial charge >= 0.3 is 0 Å². The van der Waals surface area contributed by atoms with Gasteiger partial charge in [0.15, 0.2) is 0 Å². The van der Waals surface area contributed by atoms with Crippen LogP contribution in [-0.4, -0.2) is 54.2 Å². The molecule has 0 saturated carbocycles. The summed E-state index contributed by atoms with van der Waals surface area (Å²) in [5.74, 6) is 1.22. The van der Waals surface area contributed by atoms with E-state index in [-0.39, 0.29) is 0 Å². The summed E-state index contributed by atoms with van der Waals surface area (Å²) < 4.78 is 0. The molecule has 0 spiro atoms. The average Bonchev–Trinajstić information content (AvgIpc) is 2.90. The van der Waals surface area contributed by atoms with Crippen LogP contribution in [0.25, 0.3) is 0 Å². The summed E-state index contributed by atoms with van der Waals surface area (Å²) in [6.45, 7) is 7.18. The molecular weight excluding hydrogens is 284 g/mol. The molecule has 0 unspecified atom stereocenters. The molecule has 0 aromatic heterocycles. The van der Waals surface area contributed by atoms with E-state index >= 15 is 0 Å². The number of aliphatic imine (C=N–C) groups is 1. The van der Waals surface area contributed by atoms with Crippen LogP contribution in [0.3, 0.4) is 0 Å². The molecule has 0 atom stereocenters. The number of allylic oxidation sites excluding steroid dienone is 1. The van der Waals surface area contributed by atoms with Crippen molar-refractivity contribution in [2.75, 3.05) is 33.1 Å². The van der Waals surface area contributed by atoms with Gasteiger partial charge in [0.25, 0.3) is 0 Å². The minimum absolute atomic E-state index is 0.720. The van der Waals surface area contributed by atoms with Gasteiger partial charge in [-0.05, 0) is 25.2 Å². The van der Waals surface area contributed by atoms with Gasteiger partial charge in [-0.3, -0.25) is 4.84 Å². The first-order chi connectivity index (χ1) is 10.2. The van der Waals surface area contributed by atoms with Crippen LogP contribution in [0.4, 0.5) is 0 Å². The van der Waals surface area contributed by atoms with Crippen LogP contribution in [0, 0.1) is 0 Å². The molecule has 5 nitrogen and oxygen atoms in total. The van der Waals surface area contributed by atoms with Gasteiger partial charge in [0.2, 0.25) is 0 Å². The van der Waals surface area contributed by atoms with Crippen LogP contribution >= 0.6 is 11.8 Å². The molecule has 3 aliphatic rings. The Morgan fingerprint density at radius 2 is 2.24 bits per heavy atom. The maximum absolute atomic E-state index is 5.35. The van der Waals surface area contributed by atoms with E-state index in [1.54, 1.807) is 18.9 Å². The van der Waals surface area contributed by atoms with Crippen molar-refractivity contribution in [3.8, 4) is 0 Å². The minimum Gasteiger partial charge on any atom is -0.352 e. The molecule has 0 aromatic rings. The molecule has 0 radical (unpaired) electrons. The van der Waals surface area contributed by atoms with Gasteiger partial charge in [0.1, 0.15) is 18.2 Å². The zero-order valence-electron chi connectivity index (χ0n) is 13.1. The predicted octanol–water partition coefficient (Wildman–Crippen LogP) is 2.58. The van der Waals surface area contributed by atoms with Gasteiger partial charge < -0.3 is 9.80 Å². The Morgan fingerprint density at radius 1 is 1.43 bits per heavy atom. The maximum Gasteiger partial charge on any atom is 0.138 e. The molecule has 0 fully saturated rings. The molecule has 0 bridgehead atoms. The molecule has 0 N–H and O–H groups in total. The lowest BCUT2D eigenvalue weighted by atomic mass is 10.1. The van der Waals surface area contributed by atoms with Crippen LogP contribution in [0.15, 0.2) is 38.9 Å². The summed E-state index contributed by atoms with van der Waals surface area (Å²) in [6, 6.07) is 0. The Labute approximate surface area is 130 Å². The fourth-order valence-electron chi connectivity index (χ4n) is 3.04. The van der Waals surface area contributed by atoms with E-state index in [1.807, 2.05) is 17.5 Å². The highest BCUT2D eigenvalue weighted by Gasteiger charge is 2.35. The molecular formula is C15H22N4OS. The quantitative estimate of drug-likeness (QED) is 0.797. The largest absolute Gasteiger partial charge is 0.352 e. The summed E-state index contributed by atoms with van der Waals surface area (Å²) in [5.41, 5.74) is 3.61. The predicted molar refractivity (Wildman–Crippen MR) is 87.2 cm³/mol. The van der Waals surface area contributed by atoms with E-state index in [0.717, 1.165) is 37.6 Å². The molecule has 114 valence electrons. The number of rotatable bonds is 4. The lowest BCUT2D eigenvalue weighted by Crippen LogP contribution is -2.42. The van der Waals surface area contributed by atoms with E-state index in [4.69, 9.17) is 9.83 Å². The van der Waals surface area contributed by atoms with E-state index in [2.05, 4.69) is 29.9 Å². The van der Waals surface area contributed by atoms with Gasteiger partial charge in [-0.1, -0.05) is 6.92 Å². The van der Waals surface area contributed by atoms with Gasteiger partial charge in [-0.2, -0.15) is 0 Å². The van der Waals surface area contributed by atoms with Gasteiger partial charge in [-0.25, -0.2) is 10.1 Å². The van der Waals surface area contributed by atoms with E-state index < -0.39 is 0 Å². The number of nitrogens with zero attached hydrogens (tertiary/aromatic N) is 4. The SMILES string of the molecule is CCCN1CC(C)=C(SC)C2=C1N1CN(OC)C=C1C=N2. The van der Waals surface area contributed by atoms with Crippen molar-refractivity contribution >= 4 is 18.0 Å². The third kappa shape index (κ3) is 2.36. The minimum atomic E-state index is 0.720. The van der Waals surface area contributed by atoms with Crippen molar-refractivity contribution in [2.45, 2.75) is 20.3 Å². The number of fused-ring (bicyclic) bond motifs is 2. The Kier molecular flexibility index (Phi) is 3.99. The highest BCUT2D eigenvalue weighted by atomic mass is 32.2. The zero-order chi connectivity index (χ0) is 15.0. The molecule has 3 heterocycles. The van der Waals surface area contributed by atoms with Crippen molar-refractivity contribution in [1.29, 1.82) is 0 Å². The second-order valence-electron chi connectivity index (χ2n) is 5.39. The Balaban J connectivity index is 2.04. The van der Waals surface area contributed by atoms with Gasteiger partial charge in [0.05, 0.1) is 25.2 Å². The fraction of sp³-hybridized carbons (Fsp3) is 0.533. The van der Waals surface area contributed by atoms with Crippen molar-refractivity contribution < 1.29 is 4.84 Å². The standard InChI is InChI=1S/C15H22N4OS/c1-5-6-17-8-11(2)14(21-4)13-15(17)19-10-18(20-3)9-12(19)7-16-13/h7,9H,5-6,8,10H2,1-4H3. The molecule has 0 saturated heterocycles. The van der Waals surface area contributed by atoms with Crippen LogP contribution in [0.1, 0.15) is 20.3 Å². The number of hydrogen-bond acceptors (Lipinski definition) is 6. The summed E-state index contributed by atoms with van der Waals surface area (Å²) in [5, 5.41) is 1.84. The molecule has 21 heavy (non-hydrogen) atoms. The van der Waals surface area contributed by atoms with E-state index in [9.17, 15) is 0 Å². The second kappa shape index (κ2) is 5.77. The highest BCUT2D eigenvalue weighted by Crippen LogP contribution is 2.40. The number of hydroxylamine groups is 2. The van der Waals surface area contributed by atoms with Crippen molar-refractivity contribution in [3.05, 3.63) is 33.9 Å². The van der Waals surface area contributed by atoms with Crippen molar-refractivity contribution in [2.24, 2.45) is 4.99 Å². The van der Waals surface area contributed by atoms with Crippen molar-refractivity contribution in [1.82, 2.24) is 14.9 Å². The third-order valence-corrected chi connectivity index (χ3v) is 4.87. The Morgan fingerprint density at radius 3 is 2.90 bits per heavy atom. The Bertz CT molecular complexity index is 564. The van der Waals surface area contributed by atoms with E-state index in [1.165, 1.54) is 16.3 Å². The van der Waals surface area contributed by atoms with Crippen LogP contribution < -0.4 is 0 Å². The highest BCUT2D eigenvalue weighted by molar-refractivity contribution is 8.02. The van der Waals surface area contributed by atoms with Crippen LogP contribution in [0.5, 0.6) is 0 Å². The van der Waals surface area contributed by atoms with Gasteiger partial charge in [-0.15, -0.1) is 11.8 Å². The average molecular weight is 306 g/mol. The van der Waals surface area contributed by atoms with Crippen molar-refractivity contribution in [3.63, 3.8) is 0 Å². The first-order valence-corrected chi connectivity index (χ1v) is 8.49. The van der Waals surface area contributed by atoms with Crippen LogP contribution in [-0.2, 0) is 4.84 Å². The molecule has 0 aromatic carbocycles. The third-order valence-electron chi connectivity index (χ3n) is 3.92. The first kappa shape index (κ1) is 14.5. The molecule has 0 aliphatic carbocycles. The first-order valence-electron chi connectivity index (χ1n) is 7.27. The lowest BCUT2D eigenvalue weighted by Gasteiger charge is -2.40. The maximum atomic E-state index is 5.35. The normalized spacial score (nSPS) is 21.1. The summed E-state index contributed by atoms with van der Waals surface area (Å²) in [6.07, 6.45) is 7.20. The van der Waals surface area contributed by atoms with E-state index in [0.29, 0.717) is 0 Å². The number of thioether (sulfide) groups is 1. The molecule has 6 heteroatoms. The number of hydrogen-bond donors (Lipinski definition) is 0. The Hall–Kier alpha value is -1.40. The summed E-state index contributed by atoms with van der Waals surface area (Å²) >= 11 is 1.79. The van der Waals surface area contributed by atoms with Gasteiger partial charge in [0, 0.05) is 18.0 Å². The topological polar surface area (TPSA) is 31.3 Å². The molecule has 0 amide bonds. The monoisotopic (exact) mass is 306 g/mol. The fourth-order valence-corrected chi connectivity index (χ4v) is 3.79. The second-order valence-corrected chi connectivity index (χ2v) is 6.21. The van der Waals surface area contributed by atoms with Crippen LogP contribution in [0.2, 0.25) is 0 Å². The molecule has 3 aliphatic heterocycles. The zero-order valence-corrected chi connectivity index (χ0v) is 13.9. The summed E-state index contributed by atoms with van der Waals surface area (Å²) in [7, 11) is 1.70.